The molecule has 0 unspecified atom stereocenters. The maximum Gasteiger partial charge on any atom is 0.327 e. The lowest BCUT2D eigenvalue weighted by Crippen LogP contribution is -1.85. The lowest BCUT2D eigenvalue weighted by atomic mass is 10.1. The summed E-state index contributed by atoms with van der Waals surface area (Å²) < 4.78 is 0. The number of rotatable bonds is 12. The van der Waals surface area contributed by atoms with Crippen LogP contribution in [0, 0.1) is 0 Å². The van der Waals surface area contributed by atoms with E-state index in [-0.39, 0.29) is 0 Å². The van der Waals surface area contributed by atoms with Gasteiger partial charge in [-0.2, -0.15) is 0 Å². The highest BCUT2D eigenvalue weighted by Crippen LogP contribution is 2.11. The minimum atomic E-state index is -0.836. The first-order valence-electron chi connectivity index (χ1n) is 7.17. The largest absolute Gasteiger partial charge is 0.478 e. The smallest absolute Gasteiger partial charge is 0.327 e. The van der Waals surface area contributed by atoms with Crippen molar-refractivity contribution in [1.82, 2.24) is 0 Å². The molecule has 1 N–H and O–H groups in total. The predicted octanol–water partition coefficient (Wildman–Crippen LogP) is 4.94. The van der Waals surface area contributed by atoms with E-state index in [2.05, 4.69) is 6.92 Å². The minimum absolute atomic E-state index is 0.836. The molecule has 0 aliphatic carbocycles. The third-order valence-corrected chi connectivity index (χ3v) is 2.98. The Hall–Kier alpha value is -0.790. The van der Waals surface area contributed by atoms with Crippen molar-refractivity contribution in [3.8, 4) is 0 Å². The summed E-state index contributed by atoms with van der Waals surface area (Å²) in [7, 11) is 0. The zero-order chi connectivity index (χ0) is 12.8. The number of hydrogen-bond donors (Lipinski definition) is 1. The quantitative estimate of drug-likeness (QED) is 0.387. The number of allylic oxidation sites excluding steroid dienone is 1. The highest BCUT2D eigenvalue weighted by atomic mass is 16.4. The van der Waals surface area contributed by atoms with E-state index < -0.39 is 5.97 Å². The molecule has 0 bridgehead atoms. The van der Waals surface area contributed by atoms with Crippen molar-refractivity contribution in [3.63, 3.8) is 0 Å². The van der Waals surface area contributed by atoms with Crippen molar-refractivity contribution < 1.29 is 9.90 Å². The first-order valence-corrected chi connectivity index (χ1v) is 7.17. The molecule has 0 heterocycles. The van der Waals surface area contributed by atoms with Crippen LogP contribution in [-0.2, 0) is 4.79 Å². The highest BCUT2D eigenvalue weighted by molar-refractivity contribution is 5.79. The fourth-order valence-corrected chi connectivity index (χ4v) is 1.93. The van der Waals surface area contributed by atoms with Crippen LogP contribution in [0.5, 0.6) is 0 Å². The maximum atomic E-state index is 10.2. The van der Waals surface area contributed by atoms with Gasteiger partial charge in [0.05, 0.1) is 0 Å². The molecule has 0 rings (SSSR count). The zero-order valence-corrected chi connectivity index (χ0v) is 11.3. The number of carboxylic acids is 1. The first kappa shape index (κ1) is 16.2. The molecule has 0 aliphatic rings. The average Bonchev–Trinajstić information content (AvgIpc) is 2.30. The topological polar surface area (TPSA) is 37.3 Å². The van der Waals surface area contributed by atoms with Gasteiger partial charge < -0.3 is 5.11 Å². The Kier molecular flexibility index (Phi) is 12.7. The van der Waals surface area contributed by atoms with Crippen LogP contribution in [0.1, 0.15) is 77.6 Å². The van der Waals surface area contributed by atoms with Gasteiger partial charge in [-0.3, -0.25) is 0 Å². The van der Waals surface area contributed by atoms with E-state index in [4.69, 9.17) is 5.11 Å². The molecule has 2 nitrogen and oxygen atoms in total. The van der Waals surface area contributed by atoms with Crippen molar-refractivity contribution in [2.24, 2.45) is 0 Å². The van der Waals surface area contributed by atoms with Gasteiger partial charge >= 0.3 is 5.97 Å². The van der Waals surface area contributed by atoms with Crippen LogP contribution in [0.2, 0.25) is 0 Å². The van der Waals surface area contributed by atoms with Gasteiger partial charge in [-0.1, -0.05) is 70.8 Å². The Morgan fingerprint density at radius 3 is 1.82 bits per heavy atom. The van der Waals surface area contributed by atoms with Gasteiger partial charge in [0.1, 0.15) is 0 Å². The van der Waals surface area contributed by atoms with Gasteiger partial charge in [0.2, 0.25) is 0 Å². The lowest BCUT2D eigenvalue weighted by molar-refractivity contribution is -0.131. The Labute approximate surface area is 106 Å². The molecule has 0 aliphatic heterocycles. The number of hydrogen-bond acceptors (Lipinski definition) is 1. The van der Waals surface area contributed by atoms with Crippen molar-refractivity contribution in [1.29, 1.82) is 0 Å². The van der Waals surface area contributed by atoms with E-state index in [0.717, 1.165) is 12.8 Å². The third-order valence-electron chi connectivity index (χ3n) is 2.98. The second-order valence-corrected chi connectivity index (χ2v) is 4.71. The SMILES string of the molecule is CCCCCCCCCCCC/C=C/C(=O)O. The molecule has 17 heavy (non-hydrogen) atoms. The molecular formula is C15H28O2. The number of aliphatic carboxylic acids is 1. The van der Waals surface area contributed by atoms with E-state index in [0.29, 0.717) is 0 Å². The molecule has 0 saturated heterocycles. The number of carboxylic acid groups (broad SMARTS) is 1. The van der Waals surface area contributed by atoms with Crippen molar-refractivity contribution in [3.05, 3.63) is 12.2 Å². The van der Waals surface area contributed by atoms with Crippen molar-refractivity contribution in [2.75, 3.05) is 0 Å². The molecular weight excluding hydrogens is 212 g/mol. The van der Waals surface area contributed by atoms with E-state index in [1.807, 2.05) is 0 Å². The predicted molar refractivity (Wildman–Crippen MR) is 73.2 cm³/mol. The van der Waals surface area contributed by atoms with Gasteiger partial charge in [0, 0.05) is 6.08 Å². The summed E-state index contributed by atoms with van der Waals surface area (Å²) in [5, 5.41) is 8.39. The molecule has 0 amide bonds. The number of unbranched alkanes of at least 4 members (excludes halogenated alkanes) is 10. The monoisotopic (exact) mass is 240 g/mol. The Morgan fingerprint density at radius 1 is 0.882 bits per heavy atom. The minimum Gasteiger partial charge on any atom is -0.478 e. The molecule has 0 atom stereocenters. The molecule has 100 valence electrons. The second-order valence-electron chi connectivity index (χ2n) is 4.71. The summed E-state index contributed by atoms with van der Waals surface area (Å²) in [5.41, 5.74) is 0. The molecule has 0 radical (unpaired) electrons. The maximum absolute atomic E-state index is 10.2. The molecule has 0 aromatic rings. The highest BCUT2D eigenvalue weighted by Gasteiger charge is 1.92. The molecule has 0 saturated carbocycles. The van der Waals surface area contributed by atoms with Gasteiger partial charge in [-0.15, -0.1) is 0 Å². The molecule has 2 heteroatoms. The second kappa shape index (κ2) is 13.3. The van der Waals surface area contributed by atoms with E-state index in [1.165, 1.54) is 63.9 Å². The fraction of sp³-hybridized carbons (Fsp3) is 0.800. The van der Waals surface area contributed by atoms with Crippen LogP contribution in [0.25, 0.3) is 0 Å². The van der Waals surface area contributed by atoms with Crippen molar-refractivity contribution in [2.45, 2.75) is 77.6 Å². The summed E-state index contributed by atoms with van der Waals surface area (Å²) in [6, 6.07) is 0. The van der Waals surface area contributed by atoms with E-state index >= 15 is 0 Å². The van der Waals surface area contributed by atoms with Crippen LogP contribution < -0.4 is 0 Å². The Morgan fingerprint density at radius 2 is 1.35 bits per heavy atom. The Balaban J connectivity index is 3.01. The number of carbonyl (C=O) groups is 1. The normalized spacial score (nSPS) is 11.1. The summed E-state index contributed by atoms with van der Waals surface area (Å²) in [6.07, 6.45) is 17.2. The van der Waals surface area contributed by atoms with Crippen LogP contribution in [0.15, 0.2) is 12.2 Å². The fourth-order valence-electron chi connectivity index (χ4n) is 1.93. The van der Waals surface area contributed by atoms with Crippen LogP contribution >= 0.6 is 0 Å². The molecule has 0 fully saturated rings. The molecule has 0 spiro atoms. The van der Waals surface area contributed by atoms with Crippen LogP contribution in [-0.4, -0.2) is 11.1 Å². The van der Waals surface area contributed by atoms with Gasteiger partial charge in [0.15, 0.2) is 0 Å². The third kappa shape index (κ3) is 15.2. The van der Waals surface area contributed by atoms with Crippen LogP contribution in [0.4, 0.5) is 0 Å². The van der Waals surface area contributed by atoms with E-state index in [9.17, 15) is 4.79 Å². The lowest BCUT2D eigenvalue weighted by Gasteiger charge is -2.01. The zero-order valence-electron chi connectivity index (χ0n) is 11.3. The first-order chi connectivity index (χ1) is 8.27. The van der Waals surface area contributed by atoms with Gasteiger partial charge in [0.25, 0.3) is 0 Å². The molecule has 0 aromatic heterocycles. The summed E-state index contributed by atoms with van der Waals surface area (Å²) >= 11 is 0. The van der Waals surface area contributed by atoms with Crippen molar-refractivity contribution >= 4 is 5.97 Å². The Bertz CT molecular complexity index is 197. The standard InChI is InChI=1S/C15H28O2/c1-2-3-4-5-6-7-8-9-10-11-12-13-14-15(16)17/h13-14H,2-12H2,1H3,(H,16,17)/b14-13+. The van der Waals surface area contributed by atoms with Crippen LogP contribution in [0.3, 0.4) is 0 Å². The van der Waals surface area contributed by atoms with Gasteiger partial charge in [-0.05, 0) is 12.8 Å². The van der Waals surface area contributed by atoms with E-state index in [1.54, 1.807) is 6.08 Å². The summed E-state index contributed by atoms with van der Waals surface area (Å²) in [5.74, 6) is -0.836. The summed E-state index contributed by atoms with van der Waals surface area (Å²) in [6.45, 7) is 2.25. The summed E-state index contributed by atoms with van der Waals surface area (Å²) in [4.78, 5) is 10.2. The molecule has 0 aromatic carbocycles. The van der Waals surface area contributed by atoms with Gasteiger partial charge in [-0.25, -0.2) is 4.79 Å². The average molecular weight is 240 g/mol.